The molecule has 2 N–H and O–H groups in total. The van der Waals surface area contributed by atoms with Gasteiger partial charge in [0.25, 0.3) is 0 Å². The zero-order valence-corrected chi connectivity index (χ0v) is 17.8. The van der Waals surface area contributed by atoms with Gasteiger partial charge in [0.15, 0.2) is 5.96 Å². The van der Waals surface area contributed by atoms with Crippen LogP contribution >= 0.6 is 0 Å². The van der Waals surface area contributed by atoms with E-state index in [0.29, 0.717) is 12.5 Å². The van der Waals surface area contributed by atoms with E-state index in [2.05, 4.69) is 58.3 Å². The van der Waals surface area contributed by atoms with E-state index in [1.165, 1.54) is 38.3 Å². The van der Waals surface area contributed by atoms with E-state index in [4.69, 9.17) is 4.52 Å². The largest absolute Gasteiger partial charge is 0.361 e. The summed E-state index contributed by atoms with van der Waals surface area (Å²) in [4.78, 5) is 9.46. The molecule has 0 radical (unpaired) electrons. The highest BCUT2D eigenvalue weighted by molar-refractivity contribution is 5.79. The Labute approximate surface area is 164 Å². The molecule has 1 aliphatic rings. The summed E-state index contributed by atoms with van der Waals surface area (Å²) < 4.78 is 5.44. The topological polar surface area (TPSA) is 68.9 Å². The molecule has 1 saturated heterocycles. The first kappa shape index (κ1) is 21.7. The molecule has 0 aliphatic carbocycles. The summed E-state index contributed by atoms with van der Waals surface area (Å²) in [7, 11) is 1.82. The second-order valence-electron chi connectivity index (χ2n) is 7.38. The Kier molecular flexibility index (Phi) is 9.07. The Balaban J connectivity index is 1.74. The molecule has 0 amide bonds. The van der Waals surface area contributed by atoms with Crippen molar-refractivity contribution < 1.29 is 4.52 Å². The maximum absolute atomic E-state index is 5.44. The second-order valence-corrected chi connectivity index (χ2v) is 7.38. The average molecular weight is 379 g/mol. The molecule has 0 aromatic carbocycles. The van der Waals surface area contributed by atoms with Crippen LogP contribution in [0, 0.1) is 5.92 Å². The van der Waals surface area contributed by atoms with Crippen LogP contribution in [0.2, 0.25) is 0 Å². The smallest absolute Gasteiger partial charge is 0.191 e. The Bertz CT molecular complexity index is 556. The van der Waals surface area contributed by atoms with Gasteiger partial charge in [-0.2, -0.15) is 0 Å². The number of aryl methyl sites for hydroxylation is 2. The van der Waals surface area contributed by atoms with Gasteiger partial charge in [0, 0.05) is 64.8 Å². The van der Waals surface area contributed by atoms with E-state index in [9.17, 15) is 0 Å². The molecule has 0 bridgehead atoms. The fraction of sp³-hybridized carbons (Fsp3) is 0.800. The normalized spacial score (nSPS) is 17.9. The zero-order valence-electron chi connectivity index (χ0n) is 17.8. The highest BCUT2D eigenvalue weighted by Gasteiger charge is 2.18. The van der Waals surface area contributed by atoms with Crippen molar-refractivity contribution in [1.29, 1.82) is 0 Å². The van der Waals surface area contributed by atoms with E-state index < -0.39 is 0 Å². The van der Waals surface area contributed by atoms with Crippen molar-refractivity contribution in [3.05, 3.63) is 17.0 Å². The Morgan fingerprint density at radius 3 is 2.41 bits per heavy atom. The lowest BCUT2D eigenvalue weighted by molar-refractivity contribution is 0.124. The van der Waals surface area contributed by atoms with Gasteiger partial charge >= 0.3 is 0 Å². The van der Waals surface area contributed by atoms with Crippen molar-refractivity contribution in [2.75, 3.05) is 52.9 Å². The third-order valence-electron chi connectivity index (χ3n) is 5.36. The predicted octanol–water partition coefficient (Wildman–Crippen LogP) is 1.74. The van der Waals surface area contributed by atoms with Crippen molar-refractivity contribution in [3.63, 3.8) is 0 Å². The molecule has 27 heavy (non-hydrogen) atoms. The van der Waals surface area contributed by atoms with E-state index in [-0.39, 0.29) is 0 Å². The summed E-state index contributed by atoms with van der Waals surface area (Å²) in [5.74, 6) is 2.38. The molecule has 2 rings (SSSR count). The molecule has 1 unspecified atom stereocenters. The first-order valence-corrected chi connectivity index (χ1v) is 10.5. The molecule has 0 spiro atoms. The lowest BCUT2D eigenvalue weighted by Crippen LogP contribution is -2.48. The maximum atomic E-state index is 5.44. The number of likely N-dealkylation sites (N-methyl/N-ethyl adjacent to an activating group) is 1. The molecule has 1 atom stereocenters. The number of nitrogens with zero attached hydrogens (tertiary/aromatic N) is 4. The average Bonchev–Trinajstić information content (AvgIpc) is 3.10. The van der Waals surface area contributed by atoms with Gasteiger partial charge in [-0.25, -0.2) is 0 Å². The summed E-state index contributed by atoms with van der Waals surface area (Å²) in [6.07, 6.45) is 1.74. The van der Waals surface area contributed by atoms with E-state index >= 15 is 0 Å². The van der Waals surface area contributed by atoms with Gasteiger partial charge in [-0.1, -0.05) is 32.9 Å². The first-order chi connectivity index (χ1) is 13.1. The minimum atomic E-state index is 0.574. The second kappa shape index (κ2) is 11.3. The van der Waals surface area contributed by atoms with E-state index in [1.807, 2.05) is 7.05 Å². The number of rotatable bonds is 9. The van der Waals surface area contributed by atoms with Gasteiger partial charge in [-0.05, 0) is 18.9 Å². The van der Waals surface area contributed by atoms with Crippen LogP contribution in [-0.4, -0.2) is 73.8 Å². The third-order valence-corrected chi connectivity index (χ3v) is 5.36. The molecule has 7 nitrogen and oxygen atoms in total. The van der Waals surface area contributed by atoms with Gasteiger partial charge in [-0.15, -0.1) is 0 Å². The van der Waals surface area contributed by atoms with Crippen LogP contribution in [0.1, 0.15) is 44.7 Å². The molecule has 0 saturated carbocycles. The van der Waals surface area contributed by atoms with Gasteiger partial charge in [0.2, 0.25) is 0 Å². The van der Waals surface area contributed by atoms with Crippen molar-refractivity contribution in [3.8, 4) is 0 Å². The molecular weight excluding hydrogens is 340 g/mol. The number of guanidine groups is 1. The van der Waals surface area contributed by atoms with Crippen molar-refractivity contribution in [2.24, 2.45) is 10.9 Å². The molecular formula is C20H38N6O. The Morgan fingerprint density at radius 1 is 1.11 bits per heavy atom. The van der Waals surface area contributed by atoms with E-state index in [1.54, 1.807) is 0 Å². The number of piperazine rings is 1. The molecule has 1 aromatic heterocycles. The number of aliphatic imine (C=N–C) groups is 1. The standard InChI is InChI=1S/C20H38N6O/c1-6-18-17(19(7-2)27-24-18)14-23-20(21-5)22-13-16(4)15-26-11-9-25(8-3)10-12-26/h16H,6-15H2,1-5H3,(H2,21,22,23). The molecule has 154 valence electrons. The molecule has 1 aliphatic heterocycles. The highest BCUT2D eigenvalue weighted by atomic mass is 16.5. The molecule has 2 heterocycles. The lowest BCUT2D eigenvalue weighted by atomic mass is 10.1. The monoisotopic (exact) mass is 378 g/mol. The predicted molar refractivity (Wildman–Crippen MR) is 111 cm³/mol. The SMILES string of the molecule is CCc1noc(CC)c1CNC(=NC)NCC(C)CN1CCN(CC)CC1. The van der Waals surface area contributed by atoms with Crippen molar-refractivity contribution in [1.82, 2.24) is 25.6 Å². The first-order valence-electron chi connectivity index (χ1n) is 10.5. The number of hydrogen-bond acceptors (Lipinski definition) is 5. The number of aromatic nitrogens is 1. The summed E-state index contributed by atoms with van der Waals surface area (Å²) in [5, 5.41) is 11.1. The van der Waals surface area contributed by atoms with Crippen molar-refractivity contribution in [2.45, 2.75) is 47.1 Å². The number of nitrogens with one attached hydrogen (secondary N) is 2. The summed E-state index contributed by atoms with van der Waals surface area (Å²) >= 11 is 0. The zero-order chi connectivity index (χ0) is 19.6. The summed E-state index contributed by atoms with van der Waals surface area (Å²) in [5.41, 5.74) is 2.21. The molecule has 1 fully saturated rings. The lowest BCUT2D eigenvalue weighted by Gasteiger charge is -2.35. The van der Waals surface area contributed by atoms with Crippen LogP contribution in [0.15, 0.2) is 9.52 Å². The van der Waals surface area contributed by atoms with Gasteiger partial charge in [0.1, 0.15) is 5.76 Å². The van der Waals surface area contributed by atoms with Gasteiger partial charge in [-0.3, -0.25) is 4.99 Å². The van der Waals surface area contributed by atoms with Crippen LogP contribution in [0.3, 0.4) is 0 Å². The summed E-state index contributed by atoms with van der Waals surface area (Å²) in [6.45, 7) is 17.4. The van der Waals surface area contributed by atoms with E-state index in [0.717, 1.165) is 43.3 Å². The molecule has 7 heteroatoms. The molecule has 1 aromatic rings. The minimum Gasteiger partial charge on any atom is -0.361 e. The van der Waals surface area contributed by atoms with Crippen LogP contribution in [-0.2, 0) is 19.4 Å². The quantitative estimate of drug-likeness (QED) is 0.504. The van der Waals surface area contributed by atoms with Crippen LogP contribution in [0.4, 0.5) is 0 Å². The van der Waals surface area contributed by atoms with Gasteiger partial charge in [0.05, 0.1) is 5.69 Å². The summed E-state index contributed by atoms with van der Waals surface area (Å²) in [6, 6.07) is 0. The highest BCUT2D eigenvalue weighted by Crippen LogP contribution is 2.15. The fourth-order valence-corrected chi connectivity index (χ4v) is 3.59. The van der Waals surface area contributed by atoms with Gasteiger partial charge < -0.3 is 25.0 Å². The minimum absolute atomic E-state index is 0.574. The van der Waals surface area contributed by atoms with Crippen LogP contribution < -0.4 is 10.6 Å². The van der Waals surface area contributed by atoms with Crippen molar-refractivity contribution >= 4 is 5.96 Å². The Hall–Kier alpha value is -1.60. The van der Waals surface area contributed by atoms with Crippen LogP contribution in [0.5, 0.6) is 0 Å². The third kappa shape index (κ3) is 6.50. The number of hydrogen-bond donors (Lipinski definition) is 2. The Morgan fingerprint density at radius 2 is 1.81 bits per heavy atom. The maximum Gasteiger partial charge on any atom is 0.191 e. The van der Waals surface area contributed by atoms with Crippen LogP contribution in [0.25, 0.3) is 0 Å². The fourth-order valence-electron chi connectivity index (χ4n) is 3.59.